The maximum absolute atomic E-state index is 13.2. The van der Waals surface area contributed by atoms with Crippen LogP contribution in [0.5, 0.6) is 0 Å². The number of pyridine rings is 1. The summed E-state index contributed by atoms with van der Waals surface area (Å²) < 4.78 is 33.1. The van der Waals surface area contributed by atoms with E-state index >= 15 is 0 Å². The van der Waals surface area contributed by atoms with Crippen LogP contribution < -0.4 is 10.6 Å². The van der Waals surface area contributed by atoms with Crippen LogP contribution in [0.2, 0.25) is 0 Å². The van der Waals surface area contributed by atoms with Gasteiger partial charge in [0.05, 0.1) is 0 Å². The maximum Gasteiger partial charge on any atom is 0.273 e. The van der Waals surface area contributed by atoms with Crippen molar-refractivity contribution in [2.24, 2.45) is 5.92 Å². The fourth-order valence-corrected chi connectivity index (χ4v) is 5.54. The first-order valence-corrected chi connectivity index (χ1v) is 12.7. The van der Waals surface area contributed by atoms with Gasteiger partial charge in [0.15, 0.2) is 5.69 Å². The van der Waals surface area contributed by atoms with Crippen molar-refractivity contribution < 1.29 is 17.7 Å². The zero-order valence-corrected chi connectivity index (χ0v) is 19.6. The first kappa shape index (κ1) is 22.7. The smallest absolute Gasteiger partial charge is 0.273 e. The number of amides is 1. The van der Waals surface area contributed by atoms with Crippen LogP contribution in [-0.4, -0.2) is 53.9 Å². The highest BCUT2D eigenvalue weighted by Gasteiger charge is 2.36. The molecule has 2 aromatic rings. The molecule has 0 spiro atoms. The molecule has 9 nitrogen and oxygen atoms in total. The van der Waals surface area contributed by atoms with Crippen molar-refractivity contribution in [1.82, 2.24) is 19.8 Å². The van der Waals surface area contributed by atoms with E-state index in [-0.39, 0.29) is 28.6 Å². The third kappa shape index (κ3) is 5.12. The minimum Gasteiger partial charge on any atom is -0.370 e. The Kier molecular flexibility index (Phi) is 6.52. The normalized spacial score (nSPS) is 22.1. The summed E-state index contributed by atoms with van der Waals surface area (Å²) in [5, 5.41) is 10.0. The molecule has 32 heavy (non-hydrogen) atoms. The number of rotatable bonds is 8. The molecular formula is C22H31N5O4S. The van der Waals surface area contributed by atoms with E-state index in [1.807, 2.05) is 6.92 Å². The first-order chi connectivity index (χ1) is 15.2. The highest BCUT2D eigenvalue weighted by molar-refractivity contribution is 7.89. The van der Waals surface area contributed by atoms with Gasteiger partial charge in [0, 0.05) is 43.4 Å². The summed E-state index contributed by atoms with van der Waals surface area (Å²) in [6.45, 7) is 7.15. The topological polar surface area (TPSA) is 117 Å². The monoisotopic (exact) mass is 461 g/mol. The molecule has 1 aliphatic carbocycles. The van der Waals surface area contributed by atoms with Crippen molar-refractivity contribution in [2.75, 3.05) is 18.4 Å². The summed E-state index contributed by atoms with van der Waals surface area (Å²) in [6.07, 6.45) is 4.62. The molecule has 2 aromatic heterocycles. The van der Waals surface area contributed by atoms with Gasteiger partial charge in [0.2, 0.25) is 10.0 Å². The number of sulfonamides is 1. The van der Waals surface area contributed by atoms with E-state index in [0.29, 0.717) is 37.0 Å². The Hall–Kier alpha value is -2.46. The second-order valence-electron chi connectivity index (χ2n) is 9.20. The molecule has 1 saturated carbocycles. The highest BCUT2D eigenvalue weighted by atomic mass is 32.2. The standard InChI is InChI=1S/C22H31N5O4S/c1-14(2)12-23-21-7-6-18(13-24-21)32(29,30)27-9-8-17(10-15(27)3)25-22(28)19-11-20(31-26-19)16-4-5-16/h6-7,11,13-17H,4-5,8-10,12H2,1-3H3,(H,23,24)(H,25,28)/t15-,17+/m0/s1. The number of aromatic nitrogens is 2. The number of piperidine rings is 1. The lowest BCUT2D eigenvalue weighted by Crippen LogP contribution is -2.50. The summed E-state index contributed by atoms with van der Waals surface area (Å²) in [5.74, 6) is 2.01. The van der Waals surface area contributed by atoms with Gasteiger partial charge in [-0.2, -0.15) is 4.31 Å². The van der Waals surface area contributed by atoms with Crippen LogP contribution in [0.25, 0.3) is 0 Å². The number of hydrogen-bond acceptors (Lipinski definition) is 7. The molecule has 2 atom stereocenters. The molecule has 4 rings (SSSR count). The van der Waals surface area contributed by atoms with Gasteiger partial charge in [-0.1, -0.05) is 19.0 Å². The van der Waals surface area contributed by atoms with Crippen molar-refractivity contribution in [2.45, 2.75) is 69.4 Å². The molecule has 0 bridgehead atoms. The van der Waals surface area contributed by atoms with Crippen LogP contribution in [0.15, 0.2) is 33.8 Å². The molecular weight excluding hydrogens is 430 g/mol. The fourth-order valence-electron chi connectivity index (χ4n) is 3.94. The average molecular weight is 462 g/mol. The van der Waals surface area contributed by atoms with Crippen LogP contribution in [-0.2, 0) is 10.0 Å². The van der Waals surface area contributed by atoms with E-state index in [2.05, 4.69) is 34.6 Å². The Labute approximate surface area is 189 Å². The van der Waals surface area contributed by atoms with Crippen LogP contribution in [0.3, 0.4) is 0 Å². The zero-order chi connectivity index (χ0) is 22.9. The Balaban J connectivity index is 1.35. The number of nitrogens with one attached hydrogen (secondary N) is 2. The van der Waals surface area contributed by atoms with Crippen LogP contribution >= 0.6 is 0 Å². The van der Waals surface area contributed by atoms with E-state index in [0.717, 1.165) is 25.1 Å². The van der Waals surface area contributed by atoms with E-state index in [9.17, 15) is 13.2 Å². The summed E-state index contributed by atoms with van der Waals surface area (Å²) >= 11 is 0. The Morgan fingerprint density at radius 3 is 2.69 bits per heavy atom. The van der Waals surface area contributed by atoms with Crippen LogP contribution in [0.4, 0.5) is 5.82 Å². The number of anilines is 1. The molecule has 1 amide bonds. The lowest BCUT2D eigenvalue weighted by Gasteiger charge is -2.36. The molecule has 2 N–H and O–H groups in total. The lowest BCUT2D eigenvalue weighted by molar-refractivity contribution is 0.0905. The number of carbonyl (C=O) groups excluding carboxylic acids is 1. The summed E-state index contributed by atoms with van der Waals surface area (Å²) in [5.41, 5.74) is 0.284. The molecule has 1 aliphatic heterocycles. The highest BCUT2D eigenvalue weighted by Crippen LogP contribution is 2.40. The van der Waals surface area contributed by atoms with Crippen molar-refractivity contribution >= 4 is 21.7 Å². The minimum atomic E-state index is -3.66. The quantitative estimate of drug-likeness (QED) is 0.620. The van der Waals surface area contributed by atoms with E-state index in [4.69, 9.17) is 4.52 Å². The van der Waals surface area contributed by atoms with Gasteiger partial charge in [-0.05, 0) is 50.7 Å². The van der Waals surface area contributed by atoms with Gasteiger partial charge in [-0.3, -0.25) is 4.79 Å². The summed E-state index contributed by atoms with van der Waals surface area (Å²) in [7, 11) is -3.66. The summed E-state index contributed by atoms with van der Waals surface area (Å²) in [4.78, 5) is 17.0. The van der Waals surface area contributed by atoms with Crippen molar-refractivity contribution in [3.63, 3.8) is 0 Å². The summed E-state index contributed by atoms with van der Waals surface area (Å²) in [6, 6.07) is 4.62. The average Bonchev–Trinajstić information content (AvgIpc) is 3.48. The SMILES string of the molecule is CC(C)CNc1ccc(S(=O)(=O)N2CC[C@@H](NC(=O)c3cc(C4CC4)on3)C[C@@H]2C)cn1. The third-order valence-corrected chi connectivity index (χ3v) is 7.92. The van der Waals surface area contributed by atoms with Gasteiger partial charge < -0.3 is 15.2 Å². The van der Waals surface area contributed by atoms with E-state index < -0.39 is 10.0 Å². The molecule has 1 saturated heterocycles. The van der Waals surface area contributed by atoms with E-state index in [1.165, 1.54) is 10.5 Å². The first-order valence-electron chi connectivity index (χ1n) is 11.2. The second kappa shape index (κ2) is 9.19. The molecule has 174 valence electrons. The number of carbonyl (C=O) groups is 1. The van der Waals surface area contributed by atoms with Crippen LogP contribution in [0.1, 0.15) is 68.6 Å². The van der Waals surface area contributed by atoms with Gasteiger partial charge in [-0.15, -0.1) is 0 Å². The van der Waals surface area contributed by atoms with Gasteiger partial charge >= 0.3 is 0 Å². The van der Waals surface area contributed by atoms with Gasteiger partial charge in [-0.25, -0.2) is 13.4 Å². The predicted molar refractivity (Wildman–Crippen MR) is 120 cm³/mol. The molecule has 0 unspecified atom stereocenters. The third-order valence-electron chi connectivity index (χ3n) is 5.93. The predicted octanol–water partition coefficient (Wildman–Crippen LogP) is 2.99. The van der Waals surface area contributed by atoms with E-state index in [1.54, 1.807) is 18.2 Å². The Bertz CT molecular complexity index is 1050. The fraction of sp³-hybridized carbons (Fsp3) is 0.591. The van der Waals surface area contributed by atoms with Crippen LogP contribution in [0, 0.1) is 5.92 Å². The van der Waals surface area contributed by atoms with Crippen molar-refractivity contribution in [3.8, 4) is 0 Å². The van der Waals surface area contributed by atoms with Gasteiger partial charge in [0.1, 0.15) is 16.5 Å². The minimum absolute atomic E-state index is 0.120. The van der Waals surface area contributed by atoms with Crippen molar-refractivity contribution in [1.29, 1.82) is 0 Å². The molecule has 0 aromatic carbocycles. The molecule has 3 heterocycles. The maximum atomic E-state index is 13.2. The Morgan fingerprint density at radius 2 is 2.06 bits per heavy atom. The Morgan fingerprint density at radius 1 is 1.28 bits per heavy atom. The number of hydrogen-bond donors (Lipinski definition) is 2. The molecule has 10 heteroatoms. The molecule has 2 fully saturated rings. The zero-order valence-electron chi connectivity index (χ0n) is 18.7. The largest absolute Gasteiger partial charge is 0.370 e. The second-order valence-corrected chi connectivity index (χ2v) is 11.1. The molecule has 0 radical (unpaired) electrons. The lowest BCUT2D eigenvalue weighted by atomic mass is 10.0. The molecule has 2 aliphatic rings. The van der Waals surface area contributed by atoms with Gasteiger partial charge in [0.25, 0.3) is 5.91 Å². The number of nitrogens with zero attached hydrogens (tertiary/aromatic N) is 3. The van der Waals surface area contributed by atoms with Crippen molar-refractivity contribution in [3.05, 3.63) is 35.9 Å².